The maximum absolute atomic E-state index is 12.8. The van der Waals surface area contributed by atoms with E-state index >= 15 is 0 Å². The summed E-state index contributed by atoms with van der Waals surface area (Å²) in [5, 5.41) is 1.39. The van der Waals surface area contributed by atoms with Crippen LogP contribution >= 0.6 is 23.5 Å². The van der Waals surface area contributed by atoms with Crippen molar-refractivity contribution in [3.8, 4) is 0 Å². The molecule has 1 aromatic heterocycles. The van der Waals surface area contributed by atoms with Crippen molar-refractivity contribution in [2.45, 2.75) is 15.1 Å². The zero-order valence-electron chi connectivity index (χ0n) is 9.05. The van der Waals surface area contributed by atoms with Gasteiger partial charge in [-0.15, -0.1) is 0 Å². The fourth-order valence-electron chi connectivity index (χ4n) is 1.19. The number of nitrogens with zero attached hydrogens (tertiary/aromatic N) is 2. The van der Waals surface area contributed by atoms with E-state index in [1.807, 2.05) is 6.26 Å². The highest BCUT2D eigenvalue weighted by atomic mass is 32.2. The van der Waals surface area contributed by atoms with Crippen LogP contribution in [0.3, 0.4) is 0 Å². The van der Waals surface area contributed by atoms with Gasteiger partial charge in [0, 0.05) is 11.0 Å². The molecule has 0 radical (unpaired) electrons. The number of rotatable bonds is 3. The van der Waals surface area contributed by atoms with Crippen LogP contribution in [0, 0.1) is 5.82 Å². The third kappa shape index (κ3) is 3.34. The Morgan fingerprint density at radius 1 is 1.18 bits per heavy atom. The molecule has 88 valence electrons. The molecule has 0 amide bonds. The van der Waals surface area contributed by atoms with E-state index in [0.717, 1.165) is 9.92 Å². The third-order valence-corrected chi connectivity index (χ3v) is 3.39. The van der Waals surface area contributed by atoms with Gasteiger partial charge in [-0.3, -0.25) is 0 Å². The molecule has 2 aromatic rings. The number of thioether (sulfide) groups is 1. The zero-order valence-corrected chi connectivity index (χ0v) is 10.7. The molecule has 0 fully saturated rings. The first-order valence-electron chi connectivity index (χ1n) is 4.79. The van der Waals surface area contributed by atoms with E-state index in [1.165, 1.54) is 35.7 Å². The Hall–Kier alpha value is -1.27. The van der Waals surface area contributed by atoms with Crippen molar-refractivity contribution in [2.24, 2.45) is 0 Å². The molecular weight excluding hydrogens is 257 g/mol. The quantitative estimate of drug-likeness (QED) is 0.526. The van der Waals surface area contributed by atoms with Crippen LogP contribution < -0.4 is 5.73 Å². The average molecular weight is 267 g/mol. The average Bonchev–Trinajstić information content (AvgIpc) is 2.31. The van der Waals surface area contributed by atoms with Gasteiger partial charge < -0.3 is 5.73 Å². The van der Waals surface area contributed by atoms with Crippen molar-refractivity contribution in [1.29, 1.82) is 0 Å². The number of hydrogen-bond acceptors (Lipinski definition) is 5. The number of aromatic nitrogens is 2. The molecule has 6 heteroatoms. The fraction of sp³-hybridized carbons (Fsp3) is 0.0909. The smallest absolute Gasteiger partial charge is 0.190 e. The summed E-state index contributed by atoms with van der Waals surface area (Å²) in [6.45, 7) is 0. The van der Waals surface area contributed by atoms with Gasteiger partial charge in [-0.1, -0.05) is 23.5 Å². The maximum atomic E-state index is 12.8. The molecule has 0 aliphatic heterocycles. The van der Waals surface area contributed by atoms with Gasteiger partial charge in [-0.25, -0.2) is 14.4 Å². The lowest BCUT2D eigenvalue weighted by atomic mass is 10.4. The Labute approximate surface area is 107 Å². The van der Waals surface area contributed by atoms with Gasteiger partial charge >= 0.3 is 0 Å². The molecule has 1 heterocycles. The van der Waals surface area contributed by atoms with Crippen LogP contribution in [0.15, 0.2) is 45.4 Å². The van der Waals surface area contributed by atoms with Gasteiger partial charge in [0.05, 0.1) is 0 Å². The minimum absolute atomic E-state index is 0.249. The largest absolute Gasteiger partial charge is 0.384 e. The van der Waals surface area contributed by atoms with Gasteiger partial charge in [0.1, 0.15) is 16.7 Å². The van der Waals surface area contributed by atoms with Crippen LogP contribution in [-0.4, -0.2) is 16.2 Å². The lowest BCUT2D eigenvalue weighted by molar-refractivity contribution is 0.626. The first-order valence-corrected chi connectivity index (χ1v) is 6.83. The van der Waals surface area contributed by atoms with Crippen LogP contribution in [0.25, 0.3) is 0 Å². The summed E-state index contributed by atoms with van der Waals surface area (Å²) in [5.74, 6) is 0.190. The van der Waals surface area contributed by atoms with E-state index in [2.05, 4.69) is 9.97 Å². The van der Waals surface area contributed by atoms with E-state index in [-0.39, 0.29) is 5.82 Å². The fourth-order valence-corrected chi connectivity index (χ4v) is 2.46. The molecule has 17 heavy (non-hydrogen) atoms. The Morgan fingerprint density at radius 2 is 1.88 bits per heavy atom. The highest BCUT2D eigenvalue weighted by molar-refractivity contribution is 7.99. The second-order valence-corrected chi connectivity index (χ2v) is 5.04. The van der Waals surface area contributed by atoms with Gasteiger partial charge in [0.25, 0.3) is 0 Å². The number of nitrogen functional groups attached to an aromatic ring is 1. The lowest BCUT2D eigenvalue weighted by Gasteiger charge is -2.03. The molecule has 0 saturated heterocycles. The molecule has 0 unspecified atom stereocenters. The number of nitrogens with two attached hydrogens (primary N) is 1. The van der Waals surface area contributed by atoms with E-state index in [4.69, 9.17) is 5.73 Å². The van der Waals surface area contributed by atoms with Crippen LogP contribution in [-0.2, 0) is 0 Å². The molecule has 2 N–H and O–H groups in total. The molecule has 1 aromatic carbocycles. The van der Waals surface area contributed by atoms with Crippen LogP contribution in [0.4, 0.5) is 10.2 Å². The van der Waals surface area contributed by atoms with E-state index in [9.17, 15) is 4.39 Å². The second-order valence-electron chi connectivity index (χ2n) is 3.17. The van der Waals surface area contributed by atoms with Gasteiger partial charge in [-0.05, 0) is 30.5 Å². The number of anilines is 1. The molecule has 3 nitrogen and oxygen atoms in total. The SMILES string of the molecule is CSc1nc(N)cc(Sc2ccc(F)cc2)n1. The lowest BCUT2D eigenvalue weighted by Crippen LogP contribution is -1.95. The first-order chi connectivity index (χ1) is 8.17. The van der Waals surface area contributed by atoms with Gasteiger partial charge in [0.2, 0.25) is 0 Å². The van der Waals surface area contributed by atoms with Crippen LogP contribution in [0.1, 0.15) is 0 Å². The van der Waals surface area contributed by atoms with Crippen molar-refractivity contribution in [3.05, 3.63) is 36.1 Å². The highest BCUT2D eigenvalue weighted by Crippen LogP contribution is 2.28. The minimum Gasteiger partial charge on any atom is -0.384 e. The normalized spacial score (nSPS) is 10.5. The third-order valence-electron chi connectivity index (χ3n) is 1.92. The van der Waals surface area contributed by atoms with Crippen molar-refractivity contribution < 1.29 is 4.39 Å². The first kappa shape index (κ1) is 12.2. The molecule has 0 aliphatic rings. The van der Waals surface area contributed by atoms with Crippen LogP contribution in [0.2, 0.25) is 0 Å². The molecule has 0 saturated carbocycles. The summed E-state index contributed by atoms with van der Waals surface area (Å²) in [5.41, 5.74) is 5.67. The summed E-state index contributed by atoms with van der Waals surface area (Å²) >= 11 is 2.86. The second kappa shape index (κ2) is 5.37. The summed E-state index contributed by atoms with van der Waals surface area (Å²) in [7, 11) is 0. The monoisotopic (exact) mass is 267 g/mol. The molecular formula is C11H10FN3S2. The topological polar surface area (TPSA) is 51.8 Å². The number of hydrogen-bond donors (Lipinski definition) is 1. The Balaban J connectivity index is 2.23. The highest BCUT2D eigenvalue weighted by Gasteiger charge is 2.04. The Bertz CT molecular complexity index is 517. The molecule has 2 rings (SSSR count). The minimum atomic E-state index is -0.249. The van der Waals surface area contributed by atoms with Crippen molar-refractivity contribution >= 4 is 29.3 Å². The van der Waals surface area contributed by atoms with E-state index in [0.29, 0.717) is 11.0 Å². The van der Waals surface area contributed by atoms with Crippen molar-refractivity contribution in [3.63, 3.8) is 0 Å². The predicted octanol–water partition coefficient (Wildman–Crippen LogP) is 3.07. The van der Waals surface area contributed by atoms with Crippen molar-refractivity contribution in [2.75, 3.05) is 12.0 Å². The predicted molar refractivity (Wildman–Crippen MR) is 68.7 cm³/mol. The number of halogens is 1. The molecule has 0 spiro atoms. The summed E-state index contributed by atoms with van der Waals surface area (Å²) in [6.07, 6.45) is 1.89. The van der Waals surface area contributed by atoms with Crippen LogP contribution in [0.5, 0.6) is 0 Å². The van der Waals surface area contributed by atoms with Crippen molar-refractivity contribution in [1.82, 2.24) is 9.97 Å². The Kier molecular flexibility index (Phi) is 3.86. The van der Waals surface area contributed by atoms with E-state index < -0.39 is 0 Å². The van der Waals surface area contributed by atoms with Gasteiger partial charge in [0.15, 0.2) is 5.16 Å². The maximum Gasteiger partial charge on any atom is 0.190 e. The number of benzene rings is 1. The standard InChI is InChI=1S/C11H10FN3S2/c1-16-11-14-9(13)6-10(15-11)17-8-4-2-7(12)3-5-8/h2-6H,1H3,(H2,13,14,15). The van der Waals surface area contributed by atoms with E-state index in [1.54, 1.807) is 18.2 Å². The molecule has 0 bridgehead atoms. The summed E-state index contributed by atoms with van der Waals surface area (Å²) in [4.78, 5) is 9.29. The van der Waals surface area contributed by atoms with Gasteiger partial charge in [-0.2, -0.15) is 0 Å². The molecule has 0 aliphatic carbocycles. The summed E-state index contributed by atoms with van der Waals surface area (Å²) < 4.78 is 12.8. The molecule has 0 atom stereocenters. The zero-order chi connectivity index (χ0) is 12.3. The Morgan fingerprint density at radius 3 is 2.53 bits per heavy atom. The summed E-state index contributed by atoms with van der Waals surface area (Å²) in [6, 6.07) is 7.95.